The average Bonchev–Trinajstić information content (AvgIpc) is 3.32. The number of nitrogens with one attached hydrogen (secondary N) is 1. The van der Waals surface area contributed by atoms with Crippen molar-refractivity contribution in [1.82, 2.24) is 29.5 Å². The third-order valence-electron chi connectivity index (χ3n) is 6.79. The lowest BCUT2D eigenvalue weighted by atomic mass is 10.0. The van der Waals surface area contributed by atoms with E-state index < -0.39 is 5.60 Å². The molecule has 194 valence electrons. The SMILES string of the molecule is CC(C)n1cnc2c(NCc3cccnc3-c3ccc(C(C)(C)O)nc3)nc(N3CCC(N)CC3)nc21. The quantitative estimate of drug-likeness (QED) is 0.347. The Morgan fingerprint density at radius 1 is 1.11 bits per heavy atom. The van der Waals surface area contributed by atoms with Crippen molar-refractivity contribution in [3.05, 3.63) is 54.2 Å². The van der Waals surface area contributed by atoms with Crippen LogP contribution >= 0.6 is 0 Å². The number of fused-ring (bicyclic) bond motifs is 1. The van der Waals surface area contributed by atoms with Gasteiger partial charge in [-0.25, -0.2) is 4.98 Å². The summed E-state index contributed by atoms with van der Waals surface area (Å²) in [4.78, 5) is 25.8. The topological polar surface area (TPSA) is 131 Å². The minimum atomic E-state index is -0.998. The first-order valence-corrected chi connectivity index (χ1v) is 12.8. The zero-order valence-corrected chi connectivity index (χ0v) is 21.9. The second-order valence-electron chi connectivity index (χ2n) is 10.5. The first-order valence-electron chi connectivity index (χ1n) is 12.8. The number of hydrogen-bond acceptors (Lipinski definition) is 9. The van der Waals surface area contributed by atoms with Crippen LogP contribution in [0, 0.1) is 0 Å². The average molecular weight is 502 g/mol. The molecule has 0 saturated carbocycles. The van der Waals surface area contributed by atoms with Crippen LogP contribution in [-0.2, 0) is 12.1 Å². The number of imidazole rings is 1. The number of nitrogens with zero attached hydrogens (tertiary/aromatic N) is 7. The first-order chi connectivity index (χ1) is 17.7. The number of hydrogen-bond donors (Lipinski definition) is 3. The Kier molecular flexibility index (Phi) is 6.78. The van der Waals surface area contributed by atoms with E-state index in [9.17, 15) is 5.11 Å². The van der Waals surface area contributed by atoms with Crippen LogP contribution in [0.25, 0.3) is 22.4 Å². The van der Waals surface area contributed by atoms with Crippen molar-refractivity contribution in [2.24, 2.45) is 5.73 Å². The number of aliphatic hydroxyl groups is 1. The van der Waals surface area contributed by atoms with E-state index in [2.05, 4.69) is 43.6 Å². The molecule has 0 bridgehead atoms. The number of aromatic nitrogens is 6. The number of nitrogens with two attached hydrogens (primary N) is 1. The summed E-state index contributed by atoms with van der Waals surface area (Å²) in [5.74, 6) is 1.39. The molecule has 1 aliphatic heterocycles. The van der Waals surface area contributed by atoms with Gasteiger partial charge in [0.15, 0.2) is 17.0 Å². The maximum absolute atomic E-state index is 10.2. The Labute approximate surface area is 217 Å². The van der Waals surface area contributed by atoms with Crippen LogP contribution in [0.1, 0.15) is 57.8 Å². The van der Waals surface area contributed by atoms with Crippen molar-refractivity contribution in [1.29, 1.82) is 0 Å². The summed E-state index contributed by atoms with van der Waals surface area (Å²) < 4.78 is 2.08. The Morgan fingerprint density at radius 3 is 2.57 bits per heavy atom. The van der Waals surface area contributed by atoms with E-state index in [1.165, 1.54) is 0 Å². The van der Waals surface area contributed by atoms with Gasteiger partial charge in [-0.1, -0.05) is 6.07 Å². The smallest absolute Gasteiger partial charge is 0.229 e. The molecule has 1 fully saturated rings. The van der Waals surface area contributed by atoms with E-state index in [1.807, 2.05) is 30.6 Å². The van der Waals surface area contributed by atoms with Gasteiger partial charge < -0.3 is 25.6 Å². The zero-order chi connectivity index (χ0) is 26.2. The van der Waals surface area contributed by atoms with E-state index in [1.54, 1.807) is 26.2 Å². The summed E-state index contributed by atoms with van der Waals surface area (Å²) in [6.45, 7) is 9.86. The monoisotopic (exact) mass is 501 g/mol. The van der Waals surface area contributed by atoms with E-state index in [-0.39, 0.29) is 12.1 Å². The lowest BCUT2D eigenvalue weighted by molar-refractivity contribution is 0.0739. The minimum Gasteiger partial charge on any atom is -0.384 e. The molecule has 37 heavy (non-hydrogen) atoms. The Morgan fingerprint density at radius 2 is 1.89 bits per heavy atom. The molecule has 10 heteroatoms. The highest BCUT2D eigenvalue weighted by molar-refractivity contribution is 5.84. The minimum absolute atomic E-state index is 0.222. The van der Waals surface area contributed by atoms with E-state index >= 15 is 0 Å². The van der Waals surface area contributed by atoms with Gasteiger partial charge in [-0.05, 0) is 64.3 Å². The van der Waals surface area contributed by atoms with Gasteiger partial charge in [0.25, 0.3) is 0 Å². The molecule has 0 atom stereocenters. The lowest BCUT2D eigenvalue weighted by Crippen LogP contribution is -2.40. The molecule has 5 rings (SSSR count). The number of pyridine rings is 2. The second-order valence-corrected chi connectivity index (χ2v) is 10.5. The predicted octanol–water partition coefficient (Wildman–Crippen LogP) is 3.63. The summed E-state index contributed by atoms with van der Waals surface area (Å²) in [5.41, 5.74) is 10.0. The summed E-state index contributed by atoms with van der Waals surface area (Å²) >= 11 is 0. The van der Waals surface area contributed by atoms with Crippen LogP contribution in [-0.4, -0.2) is 53.7 Å². The van der Waals surface area contributed by atoms with Crippen molar-refractivity contribution < 1.29 is 5.11 Å². The van der Waals surface area contributed by atoms with Crippen LogP contribution < -0.4 is 16.0 Å². The standard InChI is InChI=1S/C27H35N9O/c1-17(2)36-16-32-23-24(33-26(34-25(23)36)35-12-9-20(28)10-13-35)31-15-18-6-5-11-29-22(18)19-7-8-21(30-14-19)27(3,4)37/h5-8,11,14,16-17,20,37H,9-10,12-13,15,28H2,1-4H3,(H,31,33,34). The third kappa shape index (κ3) is 5.26. The van der Waals surface area contributed by atoms with Crippen LogP contribution in [0.5, 0.6) is 0 Å². The number of rotatable bonds is 7. The van der Waals surface area contributed by atoms with Crippen molar-refractivity contribution in [2.45, 2.75) is 64.8 Å². The van der Waals surface area contributed by atoms with Gasteiger partial charge in [-0.2, -0.15) is 9.97 Å². The van der Waals surface area contributed by atoms with Crippen LogP contribution in [0.15, 0.2) is 43.0 Å². The molecule has 0 spiro atoms. The van der Waals surface area contributed by atoms with E-state index in [0.29, 0.717) is 24.0 Å². The lowest BCUT2D eigenvalue weighted by Gasteiger charge is -2.30. The molecule has 0 unspecified atom stereocenters. The summed E-state index contributed by atoms with van der Waals surface area (Å²) in [6, 6.07) is 8.19. The van der Waals surface area contributed by atoms with Gasteiger partial charge in [0, 0.05) is 49.7 Å². The normalized spacial score (nSPS) is 15.1. The molecular formula is C27H35N9O. The van der Waals surface area contributed by atoms with Gasteiger partial charge in [-0.15, -0.1) is 0 Å². The van der Waals surface area contributed by atoms with E-state index in [0.717, 1.165) is 53.9 Å². The molecule has 4 aromatic rings. The van der Waals surface area contributed by atoms with E-state index in [4.69, 9.17) is 15.7 Å². The maximum atomic E-state index is 10.2. The van der Waals surface area contributed by atoms with Crippen LogP contribution in [0.3, 0.4) is 0 Å². The second kappa shape index (κ2) is 10.0. The fourth-order valence-electron chi connectivity index (χ4n) is 4.56. The largest absolute Gasteiger partial charge is 0.384 e. The molecule has 0 amide bonds. The molecule has 0 radical (unpaired) electrons. The van der Waals surface area contributed by atoms with Crippen LogP contribution in [0.4, 0.5) is 11.8 Å². The van der Waals surface area contributed by atoms with Gasteiger partial charge in [0.2, 0.25) is 5.95 Å². The number of piperidine rings is 1. The fourth-order valence-corrected chi connectivity index (χ4v) is 4.56. The van der Waals surface area contributed by atoms with Crippen molar-refractivity contribution >= 4 is 22.9 Å². The summed E-state index contributed by atoms with van der Waals surface area (Å²) in [6.07, 6.45) is 7.21. The fraction of sp³-hybridized carbons (Fsp3) is 0.444. The molecular weight excluding hydrogens is 466 g/mol. The highest BCUT2D eigenvalue weighted by Crippen LogP contribution is 2.28. The molecule has 10 nitrogen and oxygen atoms in total. The molecule has 0 aromatic carbocycles. The molecule has 4 N–H and O–H groups in total. The third-order valence-corrected chi connectivity index (χ3v) is 6.79. The Bertz CT molecular complexity index is 1370. The molecule has 5 heterocycles. The molecule has 1 saturated heterocycles. The van der Waals surface area contributed by atoms with Gasteiger partial charge in [0.1, 0.15) is 5.60 Å². The highest BCUT2D eigenvalue weighted by atomic mass is 16.3. The van der Waals surface area contributed by atoms with Crippen molar-refractivity contribution in [3.8, 4) is 11.3 Å². The Hall–Kier alpha value is -3.63. The van der Waals surface area contributed by atoms with Crippen molar-refractivity contribution in [2.75, 3.05) is 23.3 Å². The highest BCUT2D eigenvalue weighted by Gasteiger charge is 2.22. The maximum Gasteiger partial charge on any atom is 0.229 e. The zero-order valence-electron chi connectivity index (χ0n) is 21.9. The molecule has 1 aliphatic rings. The Balaban J connectivity index is 1.46. The van der Waals surface area contributed by atoms with Gasteiger partial charge >= 0.3 is 0 Å². The summed E-state index contributed by atoms with van der Waals surface area (Å²) in [7, 11) is 0. The number of anilines is 2. The van der Waals surface area contributed by atoms with Gasteiger partial charge in [-0.3, -0.25) is 9.97 Å². The van der Waals surface area contributed by atoms with Crippen molar-refractivity contribution in [3.63, 3.8) is 0 Å². The van der Waals surface area contributed by atoms with Crippen LogP contribution in [0.2, 0.25) is 0 Å². The first kappa shape index (κ1) is 25.0. The predicted molar refractivity (Wildman–Crippen MR) is 145 cm³/mol. The molecule has 0 aliphatic carbocycles. The summed E-state index contributed by atoms with van der Waals surface area (Å²) in [5, 5.41) is 13.8. The molecule has 4 aromatic heterocycles. The van der Waals surface area contributed by atoms with Gasteiger partial charge in [0.05, 0.1) is 17.7 Å².